The molecule has 1 saturated carbocycles. The number of thiazole rings is 1. The number of hydrogen-bond acceptors (Lipinski definition) is 4. The first kappa shape index (κ1) is 15.4. The molecule has 0 saturated heterocycles. The molecule has 1 aliphatic rings. The van der Waals surface area contributed by atoms with Crippen LogP contribution in [0.4, 0.5) is 0 Å². The molecule has 22 heavy (non-hydrogen) atoms. The molecule has 0 atom stereocenters. The van der Waals surface area contributed by atoms with Gasteiger partial charge in [0.2, 0.25) is 0 Å². The van der Waals surface area contributed by atoms with Gasteiger partial charge < -0.3 is 10.6 Å². The summed E-state index contributed by atoms with van der Waals surface area (Å²) in [5.41, 5.74) is 2.12. The van der Waals surface area contributed by atoms with Gasteiger partial charge in [-0.15, -0.1) is 11.3 Å². The van der Waals surface area contributed by atoms with Crippen molar-refractivity contribution in [2.75, 3.05) is 0 Å². The summed E-state index contributed by atoms with van der Waals surface area (Å²) in [4.78, 5) is 8.67. The molecule has 0 amide bonds. The predicted molar refractivity (Wildman–Crippen MR) is 94.8 cm³/mol. The van der Waals surface area contributed by atoms with E-state index in [2.05, 4.69) is 26.0 Å². The van der Waals surface area contributed by atoms with E-state index in [1.807, 2.05) is 12.1 Å². The number of aromatic nitrogens is 2. The van der Waals surface area contributed by atoms with Crippen LogP contribution in [0.25, 0.3) is 10.6 Å². The summed E-state index contributed by atoms with van der Waals surface area (Å²) in [5.74, 6) is 0. The molecule has 0 radical (unpaired) electrons. The minimum Gasteiger partial charge on any atom is -0.360 e. The molecule has 0 aliphatic heterocycles. The summed E-state index contributed by atoms with van der Waals surface area (Å²) in [6.07, 6.45) is 10.0. The van der Waals surface area contributed by atoms with Crippen LogP contribution in [0.3, 0.4) is 0 Å². The van der Waals surface area contributed by atoms with Crippen LogP contribution >= 0.6 is 23.6 Å². The Morgan fingerprint density at radius 1 is 1.23 bits per heavy atom. The highest BCUT2D eigenvalue weighted by Gasteiger charge is 2.14. The molecule has 2 aromatic rings. The monoisotopic (exact) mass is 332 g/mol. The zero-order valence-electron chi connectivity index (χ0n) is 12.4. The first-order valence-electron chi connectivity index (χ1n) is 7.70. The van der Waals surface area contributed by atoms with Gasteiger partial charge in [0.15, 0.2) is 5.11 Å². The van der Waals surface area contributed by atoms with E-state index in [1.54, 1.807) is 23.7 Å². The van der Waals surface area contributed by atoms with Crippen LogP contribution in [-0.4, -0.2) is 21.1 Å². The Kier molecular flexibility index (Phi) is 5.34. The number of pyridine rings is 1. The average molecular weight is 332 g/mol. The molecule has 0 spiro atoms. The molecule has 2 heterocycles. The lowest BCUT2D eigenvalue weighted by Crippen LogP contribution is -2.42. The highest BCUT2D eigenvalue weighted by atomic mass is 32.1. The van der Waals surface area contributed by atoms with Gasteiger partial charge in [-0.2, -0.15) is 0 Å². The molecule has 6 heteroatoms. The van der Waals surface area contributed by atoms with Crippen molar-refractivity contribution in [1.82, 2.24) is 20.6 Å². The van der Waals surface area contributed by atoms with E-state index in [0.29, 0.717) is 12.6 Å². The highest BCUT2D eigenvalue weighted by Crippen LogP contribution is 2.22. The Labute approximate surface area is 140 Å². The van der Waals surface area contributed by atoms with E-state index in [1.165, 1.54) is 32.1 Å². The van der Waals surface area contributed by atoms with E-state index < -0.39 is 0 Å². The second-order valence-electron chi connectivity index (χ2n) is 5.54. The van der Waals surface area contributed by atoms with E-state index in [0.717, 1.165) is 21.4 Å². The maximum atomic E-state index is 5.38. The Morgan fingerprint density at radius 2 is 2.00 bits per heavy atom. The maximum Gasteiger partial charge on any atom is 0.166 e. The van der Waals surface area contributed by atoms with E-state index in [9.17, 15) is 0 Å². The fourth-order valence-corrected chi connectivity index (χ4v) is 3.73. The molecule has 116 valence electrons. The third-order valence-corrected chi connectivity index (χ3v) is 5.05. The van der Waals surface area contributed by atoms with E-state index >= 15 is 0 Å². The lowest BCUT2D eigenvalue weighted by molar-refractivity contribution is 0.412. The summed E-state index contributed by atoms with van der Waals surface area (Å²) in [6, 6.07) is 4.49. The zero-order chi connectivity index (χ0) is 15.2. The quantitative estimate of drug-likeness (QED) is 0.839. The van der Waals surface area contributed by atoms with Crippen molar-refractivity contribution in [2.45, 2.75) is 44.7 Å². The van der Waals surface area contributed by atoms with Crippen LogP contribution < -0.4 is 10.6 Å². The lowest BCUT2D eigenvalue weighted by Gasteiger charge is -2.24. The van der Waals surface area contributed by atoms with Crippen molar-refractivity contribution in [1.29, 1.82) is 0 Å². The SMILES string of the molecule is S=C(NCc1csc(-c2ccncc2)n1)NC1CCCCC1. The first-order valence-corrected chi connectivity index (χ1v) is 8.99. The molecule has 0 bridgehead atoms. The van der Waals surface area contributed by atoms with Gasteiger partial charge in [-0.1, -0.05) is 19.3 Å². The van der Waals surface area contributed by atoms with E-state index in [4.69, 9.17) is 12.2 Å². The van der Waals surface area contributed by atoms with E-state index in [-0.39, 0.29) is 0 Å². The molecule has 4 nitrogen and oxygen atoms in total. The van der Waals surface area contributed by atoms with Gasteiger partial charge in [-0.3, -0.25) is 4.98 Å². The zero-order valence-corrected chi connectivity index (χ0v) is 14.1. The molecular weight excluding hydrogens is 312 g/mol. The predicted octanol–water partition coefficient (Wildman–Crippen LogP) is 3.50. The van der Waals surface area contributed by atoms with Crippen LogP contribution in [0.1, 0.15) is 37.8 Å². The Bertz CT molecular complexity index is 606. The number of nitrogens with one attached hydrogen (secondary N) is 2. The normalized spacial score (nSPS) is 15.5. The molecule has 3 rings (SSSR count). The van der Waals surface area contributed by atoms with Gasteiger partial charge in [-0.05, 0) is 37.2 Å². The Balaban J connectivity index is 1.49. The van der Waals surface area contributed by atoms with Gasteiger partial charge >= 0.3 is 0 Å². The van der Waals surface area contributed by atoms with Gasteiger partial charge in [0, 0.05) is 29.4 Å². The third kappa shape index (κ3) is 4.24. The summed E-state index contributed by atoms with van der Waals surface area (Å²) < 4.78 is 0. The Morgan fingerprint density at radius 3 is 2.77 bits per heavy atom. The fourth-order valence-electron chi connectivity index (χ4n) is 2.67. The van der Waals surface area contributed by atoms with Gasteiger partial charge in [0.1, 0.15) is 5.01 Å². The standard InChI is InChI=1S/C16H20N4S2/c21-16(20-13-4-2-1-3-5-13)18-10-14-11-22-15(19-14)12-6-8-17-9-7-12/h6-9,11,13H,1-5,10H2,(H2,18,20,21). The fraction of sp³-hybridized carbons (Fsp3) is 0.438. The van der Waals surface area contributed by atoms with Crippen LogP contribution in [0.2, 0.25) is 0 Å². The summed E-state index contributed by atoms with van der Waals surface area (Å²) in [6.45, 7) is 0.667. The molecule has 1 aliphatic carbocycles. The molecular formula is C16H20N4S2. The van der Waals surface area contributed by atoms with Crippen molar-refractivity contribution in [3.8, 4) is 10.6 Å². The number of hydrogen-bond donors (Lipinski definition) is 2. The second kappa shape index (κ2) is 7.65. The third-order valence-electron chi connectivity index (χ3n) is 3.85. The molecule has 2 N–H and O–H groups in total. The minimum absolute atomic E-state index is 0.538. The second-order valence-corrected chi connectivity index (χ2v) is 6.81. The maximum absolute atomic E-state index is 5.38. The lowest BCUT2D eigenvalue weighted by atomic mass is 9.96. The van der Waals surface area contributed by atoms with Crippen molar-refractivity contribution in [3.05, 3.63) is 35.6 Å². The molecule has 0 unspecified atom stereocenters. The smallest absolute Gasteiger partial charge is 0.166 e. The van der Waals surface area contributed by atoms with Crippen molar-refractivity contribution < 1.29 is 0 Å². The minimum atomic E-state index is 0.538. The number of rotatable bonds is 4. The Hall–Kier alpha value is -1.53. The number of nitrogens with zero attached hydrogens (tertiary/aromatic N) is 2. The first-order chi connectivity index (χ1) is 10.8. The van der Waals surface area contributed by atoms with Crippen molar-refractivity contribution >= 4 is 28.7 Å². The summed E-state index contributed by atoms with van der Waals surface area (Å²) >= 11 is 7.03. The van der Waals surface area contributed by atoms with Crippen LogP contribution in [0, 0.1) is 0 Å². The molecule has 2 aromatic heterocycles. The largest absolute Gasteiger partial charge is 0.360 e. The van der Waals surface area contributed by atoms with Crippen LogP contribution in [-0.2, 0) is 6.54 Å². The number of thiocarbonyl (C=S) groups is 1. The van der Waals surface area contributed by atoms with Crippen molar-refractivity contribution in [2.24, 2.45) is 0 Å². The van der Waals surface area contributed by atoms with Crippen LogP contribution in [0.5, 0.6) is 0 Å². The van der Waals surface area contributed by atoms with Crippen molar-refractivity contribution in [3.63, 3.8) is 0 Å². The van der Waals surface area contributed by atoms with Gasteiger partial charge in [0.25, 0.3) is 0 Å². The summed E-state index contributed by atoms with van der Waals surface area (Å²) in [5, 5.41) is 10.5. The van der Waals surface area contributed by atoms with Gasteiger partial charge in [-0.25, -0.2) is 4.98 Å². The topological polar surface area (TPSA) is 49.8 Å². The van der Waals surface area contributed by atoms with Gasteiger partial charge in [0.05, 0.1) is 12.2 Å². The van der Waals surface area contributed by atoms with Crippen LogP contribution in [0.15, 0.2) is 29.9 Å². The molecule has 0 aromatic carbocycles. The highest BCUT2D eigenvalue weighted by molar-refractivity contribution is 7.80. The average Bonchev–Trinajstić information content (AvgIpc) is 3.04. The molecule has 1 fully saturated rings. The summed E-state index contributed by atoms with van der Waals surface area (Å²) in [7, 11) is 0.